The highest BCUT2D eigenvalue weighted by molar-refractivity contribution is 6.06. The van der Waals surface area contributed by atoms with E-state index in [2.05, 4.69) is 184 Å². The van der Waals surface area contributed by atoms with Gasteiger partial charge in [0, 0.05) is 27.8 Å². The van der Waals surface area contributed by atoms with Crippen molar-refractivity contribution < 1.29 is 0 Å². The Morgan fingerprint density at radius 1 is 0.426 bits per heavy atom. The quantitative estimate of drug-likeness (QED) is 0.193. The van der Waals surface area contributed by atoms with Gasteiger partial charge in [0.05, 0.1) is 5.69 Å². The molecule has 0 bridgehead atoms. The van der Waals surface area contributed by atoms with Gasteiger partial charge < -0.3 is 4.90 Å². The van der Waals surface area contributed by atoms with Gasteiger partial charge in [-0.2, -0.15) is 0 Å². The maximum atomic E-state index is 2.46. The van der Waals surface area contributed by atoms with Crippen molar-refractivity contribution in [3.8, 4) is 33.4 Å². The van der Waals surface area contributed by atoms with Gasteiger partial charge in [0.1, 0.15) is 0 Å². The van der Waals surface area contributed by atoms with Gasteiger partial charge in [-0.3, -0.25) is 0 Å². The second kappa shape index (κ2) is 10.0. The normalized spacial score (nSPS) is 14.7. The molecular formula is C46H37N. The Bertz CT molecular complexity index is 2340. The van der Waals surface area contributed by atoms with Crippen molar-refractivity contribution >= 4 is 27.8 Å². The number of benzene rings is 7. The average molecular weight is 604 g/mol. The Kier molecular flexibility index (Phi) is 5.96. The number of hydrogen-bond donors (Lipinski definition) is 0. The molecule has 0 N–H and O–H groups in total. The Balaban J connectivity index is 1.25. The summed E-state index contributed by atoms with van der Waals surface area (Å²) in [4.78, 5) is 2.46. The Morgan fingerprint density at radius 2 is 0.979 bits per heavy atom. The maximum absolute atomic E-state index is 2.46. The minimum absolute atomic E-state index is 0.0664. The van der Waals surface area contributed by atoms with Crippen LogP contribution in [0.5, 0.6) is 0 Å². The summed E-state index contributed by atoms with van der Waals surface area (Å²) < 4.78 is 0. The topological polar surface area (TPSA) is 3.24 Å². The summed E-state index contributed by atoms with van der Waals surface area (Å²) in [7, 11) is 0. The van der Waals surface area contributed by atoms with E-state index in [-0.39, 0.29) is 10.8 Å². The number of para-hydroxylation sites is 1. The van der Waals surface area contributed by atoms with E-state index < -0.39 is 0 Å². The Hall–Kier alpha value is -5.40. The summed E-state index contributed by atoms with van der Waals surface area (Å²) >= 11 is 0. The van der Waals surface area contributed by atoms with Crippen LogP contribution in [0.4, 0.5) is 17.1 Å². The van der Waals surface area contributed by atoms with Gasteiger partial charge in [-0.05, 0) is 91.2 Å². The number of rotatable bonds is 4. The third kappa shape index (κ3) is 3.96. The van der Waals surface area contributed by atoms with Crippen LogP contribution in [0.1, 0.15) is 49.9 Å². The van der Waals surface area contributed by atoms with E-state index in [0.717, 1.165) is 11.4 Å². The molecule has 7 aromatic rings. The van der Waals surface area contributed by atoms with Crippen molar-refractivity contribution in [2.24, 2.45) is 0 Å². The molecule has 0 saturated heterocycles. The van der Waals surface area contributed by atoms with Crippen molar-refractivity contribution in [3.05, 3.63) is 174 Å². The Labute approximate surface area is 277 Å². The number of anilines is 3. The van der Waals surface area contributed by atoms with Crippen molar-refractivity contribution in [2.45, 2.75) is 38.5 Å². The van der Waals surface area contributed by atoms with Gasteiger partial charge in [-0.15, -0.1) is 0 Å². The van der Waals surface area contributed by atoms with Crippen LogP contribution >= 0.6 is 0 Å². The molecule has 9 rings (SSSR count). The zero-order chi connectivity index (χ0) is 31.9. The van der Waals surface area contributed by atoms with Crippen LogP contribution in [0, 0.1) is 0 Å². The monoisotopic (exact) mass is 603 g/mol. The van der Waals surface area contributed by atoms with Gasteiger partial charge in [-0.1, -0.05) is 149 Å². The molecule has 2 aliphatic carbocycles. The SMILES string of the molecule is CC1(C)c2ccccc2-c2cccc(-c3ccc(N(c4ccccc4)c4cc5ccccc5c5c4-c4ccccc4C5(C)C)cc3)c21. The standard InChI is InChI=1S/C46H37N/c1-45(2)39-23-12-10-19-36(39)37-22-14-21-34(43(37)45)30-25-27-33(28-26-30)47(32-16-6-5-7-17-32)41-29-31-15-8-9-18-35(31)44-42(41)38-20-11-13-24-40(38)46(44,3)4/h5-29H,1-4H3. The second-order valence-electron chi connectivity index (χ2n) is 14.2. The van der Waals surface area contributed by atoms with Gasteiger partial charge >= 0.3 is 0 Å². The maximum Gasteiger partial charge on any atom is 0.0549 e. The summed E-state index contributed by atoms with van der Waals surface area (Å²) in [6.07, 6.45) is 0. The first kappa shape index (κ1) is 27.9. The number of fused-ring (bicyclic) bond motifs is 8. The summed E-state index contributed by atoms with van der Waals surface area (Å²) in [5, 5.41) is 2.60. The molecule has 47 heavy (non-hydrogen) atoms. The molecular weight excluding hydrogens is 567 g/mol. The van der Waals surface area contributed by atoms with Gasteiger partial charge in [0.15, 0.2) is 0 Å². The van der Waals surface area contributed by atoms with Crippen LogP contribution in [-0.2, 0) is 10.8 Å². The first-order valence-electron chi connectivity index (χ1n) is 16.7. The lowest BCUT2D eigenvalue weighted by Gasteiger charge is -2.30. The van der Waals surface area contributed by atoms with Crippen LogP contribution < -0.4 is 4.90 Å². The molecule has 0 heterocycles. The zero-order valence-corrected chi connectivity index (χ0v) is 27.4. The van der Waals surface area contributed by atoms with E-state index in [9.17, 15) is 0 Å². The van der Waals surface area contributed by atoms with E-state index in [4.69, 9.17) is 0 Å². The van der Waals surface area contributed by atoms with Crippen molar-refractivity contribution in [1.29, 1.82) is 0 Å². The van der Waals surface area contributed by atoms with E-state index >= 15 is 0 Å². The third-order valence-electron chi connectivity index (χ3n) is 10.8. The van der Waals surface area contributed by atoms with Crippen LogP contribution in [0.2, 0.25) is 0 Å². The molecule has 0 saturated carbocycles. The molecule has 2 aliphatic rings. The third-order valence-corrected chi connectivity index (χ3v) is 10.8. The van der Waals surface area contributed by atoms with Gasteiger partial charge in [0.25, 0.3) is 0 Å². The van der Waals surface area contributed by atoms with Crippen LogP contribution in [0.15, 0.2) is 152 Å². The molecule has 0 unspecified atom stereocenters. The first-order chi connectivity index (χ1) is 22.9. The molecule has 1 heteroatoms. The number of hydrogen-bond acceptors (Lipinski definition) is 1. The molecule has 0 spiro atoms. The second-order valence-corrected chi connectivity index (χ2v) is 14.2. The van der Waals surface area contributed by atoms with Gasteiger partial charge in [-0.25, -0.2) is 0 Å². The van der Waals surface area contributed by atoms with Crippen LogP contribution in [-0.4, -0.2) is 0 Å². The van der Waals surface area contributed by atoms with E-state index in [1.165, 1.54) is 72.1 Å². The van der Waals surface area contributed by atoms with Crippen LogP contribution in [0.25, 0.3) is 44.2 Å². The number of nitrogens with zero attached hydrogens (tertiary/aromatic N) is 1. The van der Waals surface area contributed by atoms with Gasteiger partial charge in [0.2, 0.25) is 0 Å². The lowest BCUT2D eigenvalue weighted by molar-refractivity contribution is 0.662. The minimum Gasteiger partial charge on any atom is -0.310 e. The molecule has 0 amide bonds. The van der Waals surface area contributed by atoms with Crippen LogP contribution in [0.3, 0.4) is 0 Å². The summed E-state index contributed by atoms with van der Waals surface area (Å²) in [6.45, 7) is 9.50. The summed E-state index contributed by atoms with van der Waals surface area (Å²) in [5.74, 6) is 0. The molecule has 0 atom stereocenters. The minimum atomic E-state index is -0.119. The van der Waals surface area contributed by atoms with Crippen molar-refractivity contribution in [2.75, 3.05) is 4.90 Å². The predicted molar refractivity (Wildman–Crippen MR) is 199 cm³/mol. The first-order valence-corrected chi connectivity index (χ1v) is 16.7. The Morgan fingerprint density at radius 3 is 1.74 bits per heavy atom. The molecule has 1 nitrogen and oxygen atoms in total. The molecule has 0 fully saturated rings. The zero-order valence-electron chi connectivity index (χ0n) is 27.4. The van der Waals surface area contributed by atoms with E-state index in [1.54, 1.807) is 0 Å². The molecule has 7 aromatic carbocycles. The lowest BCUT2D eigenvalue weighted by Crippen LogP contribution is -2.17. The lowest BCUT2D eigenvalue weighted by atomic mass is 9.79. The average Bonchev–Trinajstić information content (AvgIpc) is 3.50. The predicted octanol–water partition coefficient (Wildman–Crippen LogP) is 12.6. The fourth-order valence-electron chi connectivity index (χ4n) is 8.69. The highest BCUT2D eigenvalue weighted by atomic mass is 15.1. The molecule has 226 valence electrons. The smallest absolute Gasteiger partial charge is 0.0549 e. The molecule has 0 radical (unpaired) electrons. The summed E-state index contributed by atoms with van der Waals surface area (Å²) in [6, 6.07) is 56.1. The molecule has 0 aromatic heterocycles. The molecule has 0 aliphatic heterocycles. The fourth-order valence-corrected chi connectivity index (χ4v) is 8.69. The summed E-state index contributed by atoms with van der Waals surface area (Å²) in [5.41, 5.74) is 16.9. The fraction of sp³-hybridized carbons (Fsp3) is 0.130. The largest absolute Gasteiger partial charge is 0.310 e. The van der Waals surface area contributed by atoms with Crippen molar-refractivity contribution in [1.82, 2.24) is 0 Å². The van der Waals surface area contributed by atoms with E-state index in [0.29, 0.717) is 0 Å². The highest BCUT2D eigenvalue weighted by Gasteiger charge is 2.40. The van der Waals surface area contributed by atoms with Crippen molar-refractivity contribution in [3.63, 3.8) is 0 Å². The highest BCUT2D eigenvalue weighted by Crippen LogP contribution is 2.57. The van der Waals surface area contributed by atoms with E-state index in [1.807, 2.05) is 0 Å².